The second-order valence-corrected chi connectivity index (χ2v) is 5.88. The predicted molar refractivity (Wildman–Crippen MR) is 94.9 cm³/mol. The van der Waals surface area contributed by atoms with E-state index in [0.717, 1.165) is 11.8 Å². The quantitative estimate of drug-likeness (QED) is 0.751. The fraction of sp³-hybridized carbons (Fsp3) is 0.333. The number of alkyl halides is 3. The van der Waals surface area contributed by atoms with Crippen molar-refractivity contribution in [3.8, 4) is 5.88 Å². The molecule has 7 nitrogen and oxygen atoms in total. The van der Waals surface area contributed by atoms with E-state index in [1.165, 1.54) is 12.1 Å². The van der Waals surface area contributed by atoms with Gasteiger partial charge in [0.15, 0.2) is 6.61 Å². The molecule has 150 valence electrons. The fourth-order valence-corrected chi connectivity index (χ4v) is 2.18. The van der Waals surface area contributed by atoms with Crippen molar-refractivity contribution in [3.05, 3.63) is 47.3 Å². The van der Waals surface area contributed by atoms with E-state index in [0.29, 0.717) is 17.9 Å². The molecule has 28 heavy (non-hydrogen) atoms. The normalized spacial score (nSPS) is 11.0. The van der Waals surface area contributed by atoms with Gasteiger partial charge in [-0.3, -0.25) is 9.59 Å². The van der Waals surface area contributed by atoms with Gasteiger partial charge in [-0.05, 0) is 30.7 Å². The van der Waals surface area contributed by atoms with Crippen LogP contribution in [-0.4, -0.2) is 34.6 Å². The summed E-state index contributed by atoms with van der Waals surface area (Å²) in [5.41, 5.74) is 1.57. The second kappa shape index (κ2) is 9.16. The number of nitrogens with zero attached hydrogens (tertiary/aromatic N) is 2. The first-order chi connectivity index (χ1) is 13.2. The number of aryl methyl sites for hydroxylation is 1. The maximum absolute atomic E-state index is 12.2. The molecule has 0 aliphatic heterocycles. The van der Waals surface area contributed by atoms with Crippen LogP contribution in [0.1, 0.15) is 35.0 Å². The Labute approximate surface area is 159 Å². The predicted octanol–water partition coefficient (Wildman–Crippen LogP) is 3.00. The van der Waals surface area contributed by atoms with Crippen molar-refractivity contribution < 1.29 is 27.5 Å². The molecule has 0 saturated carbocycles. The van der Waals surface area contributed by atoms with Crippen molar-refractivity contribution >= 4 is 17.6 Å². The zero-order chi connectivity index (χ0) is 20.7. The Bertz CT molecular complexity index is 839. The standard InChI is InChI=1S/C18H19F3N4O3/c1-3-15(26)25-14-7-12(6-11(2)24-14)8-23-17(27)13-4-5-16(22-9-13)28-10-18(19,20)21/h4-7,9H,3,8,10H2,1-2H3,(H,23,27)(H,24,25,26). The Morgan fingerprint density at radius 1 is 1.21 bits per heavy atom. The highest BCUT2D eigenvalue weighted by molar-refractivity contribution is 5.94. The van der Waals surface area contributed by atoms with Crippen molar-refractivity contribution in [1.82, 2.24) is 15.3 Å². The van der Waals surface area contributed by atoms with Gasteiger partial charge in [-0.15, -0.1) is 0 Å². The van der Waals surface area contributed by atoms with E-state index >= 15 is 0 Å². The van der Waals surface area contributed by atoms with Gasteiger partial charge < -0.3 is 15.4 Å². The number of pyridine rings is 2. The third kappa shape index (κ3) is 6.86. The van der Waals surface area contributed by atoms with Gasteiger partial charge in [0.25, 0.3) is 5.91 Å². The number of halogens is 3. The largest absolute Gasteiger partial charge is 0.468 e. The highest BCUT2D eigenvalue weighted by atomic mass is 19.4. The molecule has 0 radical (unpaired) electrons. The highest BCUT2D eigenvalue weighted by Gasteiger charge is 2.28. The SMILES string of the molecule is CCC(=O)Nc1cc(CNC(=O)c2ccc(OCC(F)(F)F)nc2)cc(C)n1. The number of hydrogen-bond donors (Lipinski definition) is 2. The van der Waals surface area contributed by atoms with E-state index in [1.54, 1.807) is 26.0 Å². The third-order valence-corrected chi connectivity index (χ3v) is 3.44. The Kier molecular flexibility index (Phi) is 6.91. The Balaban J connectivity index is 1.95. The number of amides is 2. The van der Waals surface area contributed by atoms with Gasteiger partial charge >= 0.3 is 6.18 Å². The van der Waals surface area contributed by atoms with Gasteiger partial charge in [-0.2, -0.15) is 13.2 Å². The molecule has 0 aliphatic carbocycles. The van der Waals surface area contributed by atoms with E-state index < -0.39 is 18.7 Å². The first-order valence-corrected chi connectivity index (χ1v) is 8.37. The van der Waals surface area contributed by atoms with Gasteiger partial charge in [0.1, 0.15) is 5.82 Å². The van der Waals surface area contributed by atoms with Crippen LogP contribution in [0.2, 0.25) is 0 Å². The van der Waals surface area contributed by atoms with Crippen molar-refractivity contribution in [2.75, 3.05) is 11.9 Å². The molecule has 2 aromatic heterocycles. The molecule has 0 saturated heterocycles. The minimum Gasteiger partial charge on any atom is -0.468 e. The molecule has 2 rings (SSSR count). The molecule has 10 heteroatoms. The molecule has 0 atom stereocenters. The summed E-state index contributed by atoms with van der Waals surface area (Å²) in [5, 5.41) is 5.33. The first-order valence-electron chi connectivity index (χ1n) is 8.37. The molecule has 2 heterocycles. The number of anilines is 1. The summed E-state index contributed by atoms with van der Waals surface area (Å²) in [5.74, 6) is -0.464. The number of rotatable bonds is 7. The summed E-state index contributed by atoms with van der Waals surface area (Å²) in [6, 6.07) is 5.91. The lowest BCUT2D eigenvalue weighted by Gasteiger charge is -2.10. The average Bonchev–Trinajstić information content (AvgIpc) is 2.63. The zero-order valence-corrected chi connectivity index (χ0v) is 15.3. The number of aromatic nitrogens is 2. The van der Waals surface area contributed by atoms with Crippen molar-refractivity contribution in [2.45, 2.75) is 33.0 Å². The Morgan fingerprint density at radius 3 is 2.57 bits per heavy atom. The Hall–Kier alpha value is -3.17. The number of carbonyl (C=O) groups excluding carboxylic acids is 2. The molecule has 0 aromatic carbocycles. The summed E-state index contributed by atoms with van der Waals surface area (Å²) in [6.45, 7) is 2.20. The van der Waals surface area contributed by atoms with Crippen LogP contribution >= 0.6 is 0 Å². The number of hydrogen-bond acceptors (Lipinski definition) is 5. The van der Waals surface area contributed by atoms with Crippen LogP contribution < -0.4 is 15.4 Å². The highest BCUT2D eigenvalue weighted by Crippen LogP contribution is 2.17. The molecule has 0 unspecified atom stereocenters. The maximum atomic E-state index is 12.2. The molecule has 2 N–H and O–H groups in total. The zero-order valence-electron chi connectivity index (χ0n) is 15.3. The second-order valence-electron chi connectivity index (χ2n) is 5.88. The van der Waals surface area contributed by atoms with Gasteiger partial charge in [-0.1, -0.05) is 6.92 Å². The first kappa shape index (κ1) is 21.1. The lowest BCUT2D eigenvalue weighted by atomic mass is 10.2. The van der Waals surface area contributed by atoms with E-state index in [-0.39, 0.29) is 23.9 Å². The van der Waals surface area contributed by atoms with Crippen LogP contribution in [0.3, 0.4) is 0 Å². The summed E-state index contributed by atoms with van der Waals surface area (Å²) in [6.07, 6.45) is -3.01. The molecule has 0 fully saturated rings. The van der Waals surface area contributed by atoms with E-state index in [4.69, 9.17) is 0 Å². The van der Waals surface area contributed by atoms with Crippen LogP contribution in [0.4, 0.5) is 19.0 Å². The van der Waals surface area contributed by atoms with E-state index in [1.807, 2.05) is 0 Å². The molecule has 0 spiro atoms. The van der Waals surface area contributed by atoms with Crippen LogP contribution in [0.25, 0.3) is 0 Å². The number of carbonyl (C=O) groups is 2. The van der Waals surface area contributed by atoms with Gasteiger partial charge in [0.05, 0.1) is 5.56 Å². The van der Waals surface area contributed by atoms with E-state index in [9.17, 15) is 22.8 Å². The fourth-order valence-electron chi connectivity index (χ4n) is 2.18. The molecular formula is C18H19F3N4O3. The van der Waals surface area contributed by atoms with Gasteiger partial charge in [0.2, 0.25) is 11.8 Å². The van der Waals surface area contributed by atoms with Gasteiger partial charge in [-0.25, -0.2) is 9.97 Å². The van der Waals surface area contributed by atoms with Crippen molar-refractivity contribution in [2.24, 2.45) is 0 Å². The lowest BCUT2D eigenvalue weighted by molar-refractivity contribution is -0.154. The smallest absolute Gasteiger partial charge is 0.422 e. The summed E-state index contributed by atoms with van der Waals surface area (Å²) in [7, 11) is 0. The minimum absolute atomic E-state index is 0.170. The minimum atomic E-state index is -4.46. The molecule has 0 aliphatic rings. The van der Waals surface area contributed by atoms with Crippen LogP contribution in [0.5, 0.6) is 5.88 Å². The summed E-state index contributed by atoms with van der Waals surface area (Å²) >= 11 is 0. The summed E-state index contributed by atoms with van der Waals surface area (Å²) < 4.78 is 40.8. The monoisotopic (exact) mass is 396 g/mol. The molecule has 0 bridgehead atoms. The average molecular weight is 396 g/mol. The lowest BCUT2D eigenvalue weighted by Crippen LogP contribution is -2.23. The summed E-state index contributed by atoms with van der Waals surface area (Å²) in [4.78, 5) is 31.6. The molecule has 2 amide bonds. The maximum Gasteiger partial charge on any atom is 0.422 e. The van der Waals surface area contributed by atoms with Crippen molar-refractivity contribution in [1.29, 1.82) is 0 Å². The topological polar surface area (TPSA) is 93.2 Å². The third-order valence-electron chi connectivity index (χ3n) is 3.44. The molecular weight excluding hydrogens is 377 g/mol. The van der Waals surface area contributed by atoms with Gasteiger partial charge in [0, 0.05) is 30.9 Å². The van der Waals surface area contributed by atoms with Crippen molar-refractivity contribution in [3.63, 3.8) is 0 Å². The number of nitrogens with one attached hydrogen (secondary N) is 2. The van der Waals surface area contributed by atoms with Crippen LogP contribution in [-0.2, 0) is 11.3 Å². The van der Waals surface area contributed by atoms with E-state index in [2.05, 4.69) is 25.3 Å². The Morgan fingerprint density at radius 2 is 1.96 bits per heavy atom. The van der Waals surface area contributed by atoms with Crippen LogP contribution in [0.15, 0.2) is 30.5 Å². The van der Waals surface area contributed by atoms with Crippen LogP contribution in [0, 0.1) is 6.92 Å². The molecule has 2 aromatic rings. The number of ether oxygens (including phenoxy) is 1.